The Balaban J connectivity index is 1.87. The minimum atomic E-state index is -0.236. The van der Waals surface area contributed by atoms with Crippen LogP contribution in [0.5, 0.6) is 5.75 Å². The molecule has 1 N–H and O–H groups in total. The Labute approximate surface area is 144 Å². The third-order valence-corrected chi connectivity index (χ3v) is 3.75. The van der Waals surface area contributed by atoms with Crippen molar-refractivity contribution in [3.63, 3.8) is 0 Å². The molecule has 0 aliphatic rings. The summed E-state index contributed by atoms with van der Waals surface area (Å²) in [4.78, 5) is 11.9. The molecule has 0 spiro atoms. The van der Waals surface area contributed by atoms with E-state index in [-0.39, 0.29) is 12.6 Å². The first-order chi connectivity index (χ1) is 11.1. The van der Waals surface area contributed by atoms with Gasteiger partial charge in [-0.25, -0.2) is 4.68 Å². The van der Waals surface area contributed by atoms with Crippen LogP contribution < -0.4 is 10.1 Å². The van der Waals surface area contributed by atoms with Crippen LogP contribution in [0.3, 0.4) is 0 Å². The second-order valence-electron chi connectivity index (χ2n) is 4.67. The number of nitrogens with zero attached hydrogens (tertiary/aromatic N) is 2. The molecule has 1 heterocycles. The fraction of sp³-hybridized carbons (Fsp3) is 0.333. The average Bonchev–Trinajstić information content (AvgIpc) is 3.02. The van der Waals surface area contributed by atoms with E-state index in [0.717, 1.165) is 6.42 Å². The van der Waals surface area contributed by atoms with Crippen molar-refractivity contribution >= 4 is 29.1 Å². The zero-order chi connectivity index (χ0) is 16.7. The molecule has 0 radical (unpaired) electrons. The SMILES string of the molecule is COCCCNC(=O)c1ccn(COc2cccc(Cl)c2Cl)n1. The molecule has 1 aromatic carbocycles. The van der Waals surface area contributed by atoms with E-state index >= 15 is 0 Å². The molecule has 0 aliphatic carbocycles. The number of ether oxygens (including phenoxy) is 2. The predicted octanol–water partition coefficient (Wildman–Crippen LogP) is 2.99. The number of carbonyl (C=O) groups is 1. The number of methoxy groups -OCH3 is 1. The van der Waals surface area contributed by atoms with Crippen molar-refractivity contribution < 1.29 is 14.3 Å². The molecule has 0 bridgehead atoms. The third-order valence-electron chi connectivity index (χ3n) is 2.95. The first-order valence-electron chi connectivity index (χ1n) is 6.99. The molecule has 1 aromatic heterocycles. The van der Waals surface area contributed by atoms with Crippen LogP contribution in [0, 0.1) is 0 Å². The molecule has 23 heavy (non-hydrogen) atoms. The van der Waals surface area contributed by atoms with E-state index < -0.39 is 0 Å². The molecule has 0 saturated heterocycles. The van der Waals surface area contributed by atoms with Crippen molar-refractivity contribution in [3.05, 3.63) is 46.2 Å². The molecule has 6 nitrogen and oxygen atoms in total. The Morgan fingerprint density at radius 1 is 1.35 bits per heavy atom. The van der Waals surface area contributed by atoms with Gasteiger partial charge < -0.3 is 14.8 Å². The minimum absolute atomic E-state index is 0.122. The zero-order valence-electron chi connectivity index (χ0n) is 12.6. The number of rotatable bonds is 8. The highest BCUT2D eigenvalue weighted by Crippen LogP contribution is 2.31. The lowest BCUT2D eigenvalue weighted by atomic mass is 10.3. The molecule has 0 aliphatic heterocycles. The lowest BCUT2D eigenvalue weighted by molar-refractivity contribution is 0.0941. The van der Waals surface area contributed by atoms with Crippen molar-refractivity contribution in [2.24, 2.45) is 0 Å². The third kappa shape index (κ3) is 5.13. The van der Waals surface area contributed by atoms with E-state index in [1.165, 1.54) is 4.68 Å². The van der Waals surface area contributed by atoms with Gasteiger partial charge in [0, 0.05) is 26.5 Å². The molecular formula is C15H17Cl2N3O3. The van der Waals surface area contributed by atoms with Gasteiger partial charge >= 0.3 is 0 Å². The number of amides is 1. The van der Waals surface area contributed by atoms with Crippen LogP contribution in [-0.4, -0.2) is 35.9 Å². The summed E-state index contributed by atoms with van der Waals surface area (Å²) in [5, 5.41) is 7.67. The van der Waals surface area contributed by atoms with Crippen LogP contribution in [0.2, 0.25) is 10.0 Å². The predicted molar refractivity (Wildman–Crippen MR) is 88.1 cm³/mol. The Morgan fingerprint density at radius 3 is 2.96 bits per heavy atom. The molecule has 0 saturated carbocycles. The largest absolute Gasteiger partial charge is 0.470 e. The van der Waals surface area contributed by atoms with Crippen LogP contribution in [-0.2, 0) is 11.5 Å². The Morgan fingerprint density at radius 2 is 2.17 bits per heavy atom. The monoisotopic (exact) mass is 357 g/mol. The van der Waals surface area contributed by atoms with E-state index in [4.69, 9.17) is 32.7 Å². The van der Waals surface area contributed by atoms with Crippen LogP contribution in [0.25, 0.3) is 0 Å². The molecule has 2 aromatic rings. The van der Waals surface area contributed by atoms with Crippen LogP contribution in [0.1, 0.15) is 16.9 Å². The van der Waals surface area contributed by atoms with Crippen molar-refractivity contribution in [3.8, 4) is 5.75 Å². The van der Waals surface area contributed by atoms with Crippen LogP contribution in [0.4, 0.5) is 0 Å². The fourth-order valence-corrected chi connectivity index (χ4v) is 2.14. The number of halogens is 2. The van der Waals surface area contributed by atoms with Gasteiger partial charge in [0.05, 0.1) is 5.02 Å². The molecule has 1 amide bonds. The Bertz CT molecular complexity index is 661. The van der Waals surface area contributed by atoms with Gasteiger partial charge in [-0.3, -0.25) is 4.79 Å². The number of hydrogen-bond donors (Lipinski definition) is 1. The van der Waals surface area contributed by atoms with Gasteiger partial charge in [-0.1, -0.05) is 29.3 Å². The number of hydrogen-bond acceptors (Lipinski definition) is 4. The standard InChI is InChI=1S/C15H17Cl2N3O3/c1-22-9-3-7-18-15(21)12-6-8-20(19-12)10-23-13-5-2-4-11(16)14(13)17/h2,4-6,8H,3,7,9-10H2,1H3,(H,18,21). The van der Waals surface area contributed by atoms with Crippen molar-refractivity contribution in [2.45, 2.75) is 13.2 Å². The topological polar surface area (TPSA) is 65.4 Å². The number of carbonyl (C=O) groups excluding carboxylic acids is 1. The second-order valence-corrected chi connectivity index (χ2v) is 5.45. The highest BCUT2D eigenvalue weighted by atomic mass is 35.5. The summed E-state index contributed by atoms with van der Waals surface area (Å²) in [6.07, 6.45) is 2.40. The Hall–Kier alpha value is -1.76. The van der Waals surface area contributed by atoms with E-state index in [2.05, 4.69) is 10.4 Å². The van der Waals surface area contributed by atoms with Gasteiger partial charge in [0.25, 0.3) is 5.91 Å². The van der Waals surface area contributed by atoms with Crippen LogP contribution in [0.15, 0.2) is 30.5 Å². The van der Waals surface area contributed by atoms with Crippen LogP contribution >= 0.6 is 23.2 Å². The summed E-state index contributed by atoms with van der Waals surface area (Å²) in [6, 6.07) is 6.75. The maximum Gasteiger partial charge on any atom is 0.271 e. The smallest absolute Gasteiger partial charge is 0.271 e. The summed E-state index contributed by atoms with van der Waals surface area (Å²) < 4.78 is 12.0. The molecule has 2 rings (SSSR count). The van der Waals surface area contributed by atoms with Gasteiger partial charge in [0.2, 0.25) is 0 Å². The number of nitrogens with one attached hydrogen (secondary N) is 1. The fourth-order valence-electron chi connectivity index (χ4n) is 1.79. The maximum absolute atomic E-state index is 11.9. The Kier molecular flexibility index (Phi) is 6.70. The number of aromatic nitrogens is 2. The average molecular weight is 358 g/mol. The molecule has 0 unspecified atom stereocenters. The molecule has 124 valence electrons. The van der Waals surface area contributed by atoms with Crippen molar-refractivity contribution in [1.29, 1.82) is 0 Å². The van der Waals surface area contributed by atoms with Gasteiger partial charge in [-0.2, -0.15) is 5.10 Å². The van der Waals surface area contributed by atoms with Gasteiger partial charge in [0.15, 0.2) is 6.73 Å². The lowest BCUT2D eigenvalue weighted by Gasteiger charge is -2.08. The summed E-state index contributed by atoms with van der Waals surface area (Å²) in [7, 11) is 1.62. The normalized spacial score (nSPS) is 10.6. The van der Waals surface area contributed by atoms with E-state index in [1.807, 2.05) is 0 Å². The molecule has 0 fully saturated rings. The summed E-state index contributed by atoms with van der Waals surface area (Å²) >= 11 is 12.0. The quantitative estimate of drug-likeness (QED) is 0.737. The van der Waals surface area contributed by atoms with E-state index in [0.29, 0.717) is 34.6 Å². The first-order valence-corrected chi connectivity index (χ1v) is 7.75. The van der Waals surface area contributed by atoms with E-state index in [9.17, 15) is 4.79 Å². The highest BCUT2D eigenvalue weighted by Gasteiger charge is 2.10. The highest BCUT2D eigenvalue weighted by molar-refractivity contribution is 6.42. The van der Waals surface area contributed by atoms with Gasteiger partial charge in [0.1, 0.15) is 16.5 Å². The summed E-state index contributed by atoms with van der Waals surface area (Å²) in [5.74, 6) is 0.223. The van der Waals surface area contributed by atoms with E-state index in [1.54, 1.807) is 37.6 Å². The lowest BCUT2D eigenvalue weighted by Crippen LogP contribution is -2.25. The molecule has 0 atom stereocenters. The molecule has 8 heteroatoms. The summed E-state index contributed by atoms with van der Waals surface area (Å²) in [5.41, 5.74) is 0.322. The van der Waals surface area contributed by atoms with Gasteiger partial charge in [-0.05, 0) is 24.6 Å². The maximum atomic E-state index is 11.9. The van der Waals surface area contributed by atoms with Crippen molar-refractivity contribution in [2.75, 3.05) is 20.3 Å². The second kappa shape index (κ2) is 8.76. The van der Waals surface area contributed by atoms with Gasteiger partial charge in [-0.15, -0.1) is 0 Å². The molecular weight excluding hydrogens is 341 g/mol. The minimum Gasteiger partial charge on any atom is -0.470 e. The van der Waals surface area contributed by atoms with Crippen molar-refractivity contribution in [1.82, 2.24) is 15.1 Å². The zero-order valence-corrected chi connectivity index (χ0v) is 14.1. The number of benzene rings is 1. The summed E-state index contributed by atoms with van der Waals surface area (Å²) in [6.45, 7) is 1.26. The first kappa shape index (κ1) is 17.6.